The van der Waals surface area contributed by atoms with Crippen LogP contribution in [-0.2, 0) is 4.79 Å². The molecule has 1 N–H and O–H groups in total. The van der Waals surface area contributed by atoms with Gasteiger partial charge in [0, 0.05) is 25.2 Å². The maximum absolute atomic E-state index is 10.4. The van der Waals surface area contributed by atoms with Crippen molar-refractivity contribution in [2.45, 2.75) is 12.3 Å². The van der Waals surface area contributed by atoms with E-state index in [1.165, 1.54) is 5.56 Å². The minimum absolute atomic E-state index is 0.481. The first kappa shape index (κ1) is 7.34. The van der Waals surface area contributed by atoms with Gasteiger partial charge < -0.3 is 4.90 Å². The quantitative estimate of drug-likeness (QED) is 0.643. The number of carbonyl (C=O) groups excluding carboxylic acids is 1. The van der Waals surface area contributed by atoms with Gasteiger partial charge in [-0.15, -0.1) is 0 Å². The van der Waals surface area contributed by atoms with E-state index in [2.05, 4.69) is 10.2 Å². The minimum atomic E-state index is 0.481. The first-order valence-corrected chi connectivity index (χ1v) is 4.08. The summed E-state index contributed by atoms with van der Waals surface area (Å²) in [7, 11) is 0. The van der Waals surface area contributed by atoms with Crippen molar-refractivity contribution in [1.29, 1.82) is 0 Å². The predicted molar refractivity (Wildman–Crippen MR) is 43.6 cm³/mol. The van der Waals surface area contributed by atoms with Crippen LogP contribution in [-0.4, -0.2) is 34.6 Å². The van der Waals surface area contributed by atoms with Crippen LogP contribution in [0.3, 0.4) is 0 Å². The van der Waals surface area contributed by atoms with Gasteiger partial charge in [-0.2, -0.15) is 5.10 Å². The molecule has 0 aromatic carbocycles. The Balaban J connectivity index is 2.04. The number of amides is 1. The van der Waals surface area contributed by atoms with Crippen LogP contribution in [0.2, 0.25) is 0 Å². The lowest BCUT2D eigenvalue weighted by Crippen LogP contribution is -2.17. The average molecular weight is 165 g/mol. The first-order valence-electron chi connectivity index (χ1n) is 4.08. The molecular weight excluding hydrogens is 154 g/mol. The lowest BCUT2D eigenvalue weighted by molar-refractivity contribution is -0.117. The molecule has 1 fully saturated rings. The van der Waals surface area contributed by atoms with Crippen LogP contribution < -0.4 is 0 Å². The molecule has 0 bridgehead atoms. The number of carbonyl (C=O) groups is 1. The third-order valence-electron chi connectivity index (χ3n) is 2.36. The molecule has 1 atom stereocenters. The third-order valence-corrected chi connectivity index (χ3v) is 2.36. The van der Waals surface area contributed by atoms with Crippen LogP contribution in [0, 0.1) is 0 Å². The number of likely N-dealkylation sites (tertiary alicyclic amines) is 1. The van der Waals surface area contributed by atoms with Crippen molar-refractivity contribution >= 4 is 6.41 Å². The van der Waals surface area contributed by atoms with Crippen molar-refractivity contribution < 1.29 is 4.79 Å². The fourth-order valence-electron chi connectivity index (χ4n) is 1.64. The Kier molecular flexibility index (Phi) is 1.81. The van der Waals surface area contributed by atoms with E-state index >= 15 is 0 Å². The average Bonchev–Trinajstić information content (AvgIpc) is 2.75. The third kappa shape index (κ3) is 1.20. The molecule has 1 aromatic heterocycles. The van der Waals surface area contributed by atoms with E-state index in [9.17, 15) is 4.79 Å². The van der Waals surface area contributed by atoms with Gasteiger partial charge in [0.25, 0.3) is 0 Å². The molecule has 1 unspecified atom stereocenters. The highest BCUT2D eigenvalue weighted by molar-refractivity contribution is 5.48. The van der Waals surface area contributed by atoms with Gasteiger partial charge in [-0.25, -0.2) is 0 Å². The fraction of sp³-hybridized carbons (Fsp3) is 0.500. The van der Waals surface area contributed by atoms with E-state index in [0.717, 1.165) is 25.9 Å². The van der Waals surface area contributed by atoms with Crippen LogP contribution in [0.4, 0.5) is 0 Å². The van der Waals surface area contributed by atoms with Gasteiger partial charge in [-0.1, -0.05) is 0 Å². The summed E-state index contributed by atoms with van der Waals surface area (Å²) in [6, 6.07) is 0. The molecular formula is C8H11N3O. The highest BCUT2D eigenvalue weighted by atomic mass is 16.1. The molecule has 0 aliphatic carbocycles. The van der Waals surface area contributed by atoms with Crippen molar-refractivity contribution in [3.8, 4) is 0 Å². The largest absolute Gasteiger partial charge is 0.345 e. The van der Waals surface area contributed by atoms with Crippen molar-refractivity contribution in [2.75, 3.05) is 13.1 Å². The molecule has 1 saturated heterocycles. The van der Waals surface area contributed by atoms with Gasteiger partial charge in [0.15, 0.2) is 0 Å². The van der Waals surface area contributed by atoms with Gasteiger partial charge in [-0.3, -0.25) is 9.89 Å². The summed E-state index contributed by atoms with van der Waals surface area (Å²) >= 11 is 0. The minimum Gasteiger partial charge on any atom is -0.345 e. The highest BCUT2D eigenvalue weighted by Gasteiger charge is 2.22. The van der Waals surface area contributed by atoms with Crippen LogP contribution in [0.1, 0.15) is 17.9 Å². The van der Waals surface area contributed by atoms with E-state index in [4.69, 9.17) is 0 Å². The molecule has 64 valence electrons. The van der Waals surface area contributed by atoms with Gasteiger partial charge in [-0.05, 0) is 12.0 Å². The molecule has 1 aliphatic heterocycles. The Morgan fingerprint density at radius 2 is 2.67 bits per heavy atom. The maximum Gasteiger partial charge on any atom is 0.209 e. The summed E-state index contributed by atoms with van der Waals surface area (Å²) in [4.78, 5) is 12.2. The summed E-state index contributed by atoms with van der Waals surface area (Å²) < 4.78 is 0. The normalized spacial score (nSPS) is 23.0. The predicted octanol–water partition coefficient (Wildman–Crippen LogP) is 0.355. The van der Waals surface area contributed by atoms with Crippen molar-refractivity contribution in [1.82, 2.24) is 15.1 Å². The second-order valence-corrected chi connectivity index (χ2v) is 3.12. The SMILES string of the molecule is O=CN1CCC(c2cn[nH]c2)C1. The second-order valence-electron chi connectivity index (χ2n) is 3.12. The Bertz CT molecular complexity index is 257. The molecule has 0 radical (unpaired) electrons. The number of nitrogens with zero attached hydrogens (tertiary/aromatic N) is 2. The lowest BCUT2D eigenvalue weighted by atomic mass is 10.0. The zero-order chi connectivity index (χ0) is 8.39. The van der Waals surface area contributed by atoms with E-state index in [1.807, 2.05) is 12.4 Å². The molecule has 1 aromatic rings. The molecule has 4 nitrogen and oxygen atoms in total. The van der Waals surface area contributed by atoms with Crippen molar-refractivity contribution in [2.24, 2.45) is 0 Å². The highest BCUT2D eigenvalue weighted by Crippen LogP contribution is 2.24. The number of aromatic nitrogens is 2. The van der Waals surface area contributed by atoms with Crippen LogP contribution in [0.5, 0.6) is 0 Å². The fourth-order valence-corrected chi connectivity index (χ4v) is 1.64. The molecule has 2 heterocycles. The molecule has 4 heteroatoms. The molecule has 0 saturated carbocycles. The maximum atomic E-state index is 10.4. The van der Waals surface area contributed by atoms with Gasteiger partial charge >= 0.3 is 0 Å². The Morgan fingerprint density at radius 3 is 3.25 bits per heavy atom. The standard InChI is InChI=1S/C8H11N3O/c12-6-11-2-1-7(5-11)8-3-9-10-4-8/h3-4,6-7H,1-2,5H2,(H,9,10). The zero-order valence-electron chi connectivity index (χ0n) is 6.73. The van der Waals surface area contributed by atoms with E-state index in [1.54, 1.807) is 4.90 Å². The van der Waals surface area contributed by atoms with Gasteiger partial charge in [0.1, 0.15) is 0 Å². The van der Waals surface area contributed by atoms with E-state index in [-0.39, 0.29) is 0 Å². The van der Waals surface area contributed by atoms with Crippen molar-refractivity contribution in [3.05, 3.63) is 18.0 Å². The lowest BCUT2D eigenvalue weighted by Gasteiger charge is -2.07. The topological polar surface area (TPSA) is 49.0 Å². The van der Waals surface area contributed by atoms with E-state index in [0.29, 0.717) is 5.92 Å². The Hall–Kier alpha value is -1.32. The van der Waals surface area contributed by atoms with Crippen LogP contribution >= 0.6 is 0 Å². The summed E-state index contributed by atoms with van der Waals surface area (Å²) in [5, 5.41) is 6.67. The number of aromatic amines is 1. The monoisotopic (exact) mass is 165 g/mol. The van der Waals surface area contributed by atoms with Gasteiger partial charge in [0.05, 0.1) is 6.20 Å². The van der Waals surface area contributed by atoms with Crippen LogP contribution in [0.15, 0.2) is 12.4 Å². The number of rotatable bonds is 2. The number of hydrogen-bond donors (Lipinski definition) is 1. The second kappa shape index (κ2) is 2.97. The zero-order valence-corrected chi connectivity index (χ0v) is 6.73. The van der Waals surface area contributed by atoms with Crippen molar-refractivity contribution in [3.63, 3.8) is 0 Å². The number of nitrogens with one attached hydrogen (secondary N) is 1. The summed E-state index contributed by atoms with van der Waals surface area (Å²) in [5.74, 6) is 0.481. The Labute approximate surface area is 70.6 Å². The molecule has 1 amide bonds. The number of H-pyrrole nitrogens is 1. The Morgan fingerprint density at radius 1 is 1.75 bits per heavy atom. The van der Waals surface area contributed by atoms with E-state index < -0.39 is 0 Å². The van der Waals surface area contributed by atoms with Crippen LogP contribution in [0.25, 0.3) is 0 Å². The smallest absolute Gasteiger partial charge is 0.209 e. The first-order chi connectivity index (χ1) is 5.90. The molecule has 0 spiro atoms. The molecule has 1 aliphatic rings. The molecule has 12 heavy (non-hydrogen) atoms. The molecule has 2 rings (SSSR count). The number of hydrogen-bond acceptors (Lipinski definition) is 2. The summed E-state index contributed by atoms with van der Waals surface area (Å²) in [6.07, 6.45) is 5.70. The summed E-state index contributed by atoms with van der Waals surface area (Å²) in [6.45, 7) is 1.71. The summed E-state index contributed by atoms with van der Waals surface area (Å²) in [5.41, 5.74) is 1.21. The van der Waals surface area contributed by atoms with Gasteiger partial charge in [0.2, 0.25) is 6.41 Å².